The van der Waals surface area contributed by atoms with Crippen molar-refractivity contribution in [1.82, 2.24) is 19.8 Å². The van der Waals surface area contributed by atoms with Crippen LogP contribution in [0.1, 0.15) is 36.6 Å². The zero-order chi connectivity index (χ0) is 22.9. The summed E-state index contributed by atoms with van der Waals surface area (Å²) >= 11 is 6.26. The van der Waals surface area contributed by atoms with E-state index in [-0.39, 0.29) is 0 Å². The lowest BCUT2D eigenvalue weighted by Crippen LogP contribution is -2.40. The fourth-order valence-corrected chi connectivity index (χ4v) is 5.45. The number of morpholine rings is 1. The molecule has 3 aromatic rings. The van der Waals surface area contributed by atoms with Crippen molar-refractivity contribution in [3.05, 3.63) is 64.9 Å². The van der Waals surface area contributed by atoms with Crippen LogP contribution in [0.5, 0.6) is 0 Å². The number of piperidine rings is 1. The molecule has 2 aromatic carbocycles. The first-order valence-electron chi connectivity index (χ1n) is 12.2. The van der Waals surface area contributed by atoms with Crippen LogP contribution in [0.2, 0.25) is 5.02 Å². The Kier molecular flexibility index (Phi) is 5.97. The molecular formula is C26H29ClN6O. The first-order valence-corrected chi connectivity index (χ1v) is 12.6. The first kappa shape index (κ1) is 21.6. The lowest BCUT2D eigenvalue weighted by molar-refractivity contribution is 0.122. The van der Waals surface area contributed by atoms with Gasteiger partial charge in [0.05, 0.1) is 13.2 Å². The number of amidine groups is 1. The second-order valence-corrected chi connectivity index (χ2v) is 9.69. The SMILES string of the molecule is Clc1cccc(C2CCCN(C3=Nn4c(nnc4-c4ccc(N5CCOCC5)cc4)CC3)C2)c1. The molecule has 1 unspecified atom stereocenters. The zero-order valence-electron chi connectivity index (χ0n) is 19.2. The number of ether oxygens (including phenoxy) is 1. The van der Waals surface area contributed by atoms with Gasteiger partial charge in [-0.25, -0.2) is 0 Å². The smallest absolute Gasteiger partial charge is 0.185 e. The van der Waals surface area contributed by atoms with Crippen LogP contribution in [-0.4, -0.2) is 65.0 Å². The van der Waals surface area contributed by atoms with Crippen LogP contribution in [0, 0.1) is 0 Å². The molecule has 0 N–H and O–H groups in total. The van der Waals surface area contributed by atoms with Crippen molar-refractivity contribution < 1.29 is 4.74 Å². The maximum absolute atomic E-state index is 6.26. The van der Waals surface area contributed by atoms with Crippen LogP contribution in [0.25, 0.3) is 11.4 Å². The van der Waals surface area contributed by atoms with E-state index in [1.807, 2.05) is 10.7 Å². The highest BCUT2D eigenvalue weighted by atomic mass is 35.5. The third-order valence-electron chi connectivity index (χ3n) is 7.10. The normalized spacial score (nSPS) is 20.7. The highest BCUT2D eigenvalue weighted by Gasteiger charge is 2.27. The van der Waals surface area contributed by atoms with Crippen molar-refractivity contribution >= 4 is 23.1 Å². The topological polar surface area (TPSA) is 58.8 Å². The maximum Gasteiger partial charge on any atom is 0.185 e. The molecule has 0 bridgehead atoms. The third kappa shape index (κ3) is 4.30. The van der Waals surface area contributed by atoms with Crippen LogP contribution in [0.15, 0.2) is 53.6 Å². The van der Waals surface area contributed by atoms with Gasteiger partial charge in [0.1, 0.15) is 5.84 Å². The lowest BCUT2D eigenvalue weighted by Gasteiger charge is -2.36. The van der Waals surface area contributed by atoms with E-state index >= 15 is 0 Å². The summed E-state index contributed by atoms with van der Waals surface area (Å²) in [4.78, 5) is 4.80. The number of fused-ring (bicyclic) bond motifs is 1. The average molecular weight is 477 g/mol. The van der Waals surface area contributed by atoms with Crippen molar-refractivity contribution in [2.24, 2.45) is 5.10 Å². The van der Waals surface area contributed by atoms with Gasteiger partial charge in [-0.15, -0.1) is 10.2 Å². The molecule has 7 nitrogen and oxygen atoms in total. The van der Waals surface area contributed by atoms with Crippen LogP contribution in [-0.2, 0) is 11.2 Å². The third-order valence-corrected chi connectivity index (χ3v) is 7.34. The summed E-state index contributed by atoms with van der Waals surface area (Å²) < 4.78 is 7.43. The molecule has 8 heteroatoms. The van der Waals surface area contributed by atoms with Crippen molar-refractivity contribution in [1.29, 1.82) is 0 Å². The Morgan fingerprint density at radius 3 is 2.59 bits per heavy atom. The van der Waals surface area contributed by atoms with Crippen LogP contribution >= 0.6 is 11.6 Å². The molecule has 2 saturated heterocycles. The van der Waals surface area contributed by atoms with Gasteiger partial charge < -0.3 is 14.5 Å². The fourth-order valence-electron chi connectivity index (χ4n) is 5.25. The number of aromatic nitrogens is 3. The number of nitrogens with zero attached hydrogens (tertiary/aromatic N) is 6. The molecule has 4 heterocycles. The molecule has 1 aromatic heterocycles. The van der Waals surface area contributed by atoms with E-state index < -0.39 is 0 Å². The molecule has 0 radical (unpaired) electrons. The fraction of sp³-hybridized carbons (Fsp3) is 0.423. The highest BCUT2D eigenvalue weighted by molar-refractivity contribution is 6.30. The van der Waals surface area contributed by atoms with Gasteiger partial charge in [-0.1, -0.05) is 23.7 Å². The Labute approximate surface area is 205 Å². The molecule has 176 valence electrons. The standard InChI is InChI=1S/C26H29ClN6O/c27-22-5-1-3-20(17-22)21-4-2-12-32(18-21)25-11-10-24-28-29-26(33(24)30-25)19-6-8-23(9-7-19)31-13-15-34-16-14-31/h1,3,5-9,17,21H,2,4,10-16,18H2. The average Bonchev–Trinajstić information content (AvgIpc) is 3.33. The minimum atomic E-state index is 0.477. The van der Waals surface area contributed by atoms with E-state index in [9.17, 15) is 0 Å². The minimum absolute atomic E-state index is 0.477. The van der Waals surface area contributed by atoms with E-state index in [4.69, 9.17) is 21.4 Å². The number of hydrogen-bond acceptors (Lipinski definition) is 6. The molecule has 0 saturated carbocycles. The van der Waals surface area contributed by atoms with E-state index in [1.54, 1.807) is 0 Å². The molecular weight excluding hydrogens is 448 g/mol. The summed E-state index contributed by atoms with van der Waals surface area (Å²) in [5.74, 6) is 3.35. The maximum atomic E-state index is 6.26. The number of hydrogen-bond donors (Lipinski definition) is 0. The van der Waals surface area contributed by atoms with E-state index in [0.717, 1.165) is 86.7 Å². The Hall–Kier alpha value is -2.90. The van der Waals surface area contributed by atoms with Crippen LogP contribution < -0.4 is 4.90 Å². The predicted octanol–water partition coefficient (Wildman–Crippen LogP) is 4.42. The zero-order valence-corrected chi connectivity index (χ0v) is 20.0. The first-order chi connectivity index (χ1) is 16.7. The summed E-state index contributed by atoms with van der Waals surface area (Å²) in [7, 11) is 0. The number of aryl methyl sites for hydroxylation is 1. The van der Waals surface area contributed by atoms with Gasteiger partial charge in [0.2, 0.25) is 0 Å². The molecule has 0 spiro atoms. The van der Waals surface area contributed by atoms with Gasteiger partial charge in [0.15, 0.2) is 11.6 Å². The van der Waals surface area contributed by atoms with Gasteiger partial charge in [-0.2, -0.15) is 9.78 Å². The van der Waals surface area contributed by atoms with Crippen molar-refractivity contribution in [2.75, 3.05) is 44.3 Å². The predicted molar refractivity (Wildman–Crippen MR) is 135 cm³/mol. The molecule has 34 heavy (non-hydrogen) atoms. The number of rotatable bonds is 3. The molecule has 3 aliphatic heterocycles. The summed E-state index contributed by atoms with van der Waals surface area (Å²) in [6, 6.07) is 16.9. The number of likely N-dealkylation sites (tertiary alicyclic amines) is 1. The Morgan fingerprint density at radius 2 is 1.76 bits per heavy atom. The number of anilines is 1. The molecule has 2 fully saturated rings. The number of benzene rings is 2. The van der Waals surface area contributed by atoms with Gasteiger partial charge in [-0.05, 0) is 54.8 Å². The second-order valence-electron chi connectivity index (χ2n) is 9.25. The highest BCUT2D eigenvalue weighted by Crippen LogP contribution is 2.31. The van der Waals surface area contributed by atoms with Gasteiger partial charge in [0.25, 0.3) is 0 Å². The van der Waals surface area contributed by atoms with Gasteiger partial charge in [-0.3, -0.25) is 0 Å². The van der Waals surface area contributed by atoms with Crippen LogP contribution in [0.4, 0.5) is 5.69 Å². The lowest BCUT2D eigenvalue weighted by atomic mass is 9.90. The Morgan fingerprint density at radius 1 is 0.912 bits per heavy atom. The van der Waals surface area contributed by atoms with E-state index in [0.29, 0.717) is 5.92 Å². The minimum Gasteiger partial charge on any atom is -0.378 e. The van der Waals surface area contributed by atoms with Crippen molar-refractivity contribution in [3.63, 3.8) is 0 Å². The van der Waals surface area contributed by atoms with Gasteiger partial charge in [0, 0.05) is 61.2 Å². The summed E-state index contributed by atoms with van der Waals surface area (Å²) in [6.45, 7) is 5.44. The molecule has 3 aliphatic rings. The summed E-state index contributed by atoms with van der Waals surface area (Å²) in [5.41, 5.74) is 3.57. The van der Waals surface area contributed by atoms with Gasteiger partial charge >= 0.3 is 0 Å². The van der Waals surface area contributed by atoms with Crippen LogP contribution in [0.3, 0.4) is 0 Å². The van der Waals surface area contributed by atoms with Crippen molar-refractivity contribution in [3.8, 4) is 11.4 Å². The number of halogens is 1. The Bertz CT molecular complexity index is 1180. The monoisotopic (exact) mass is 476 g/mol. The molecule has 6 rings (SSSR count). The van der Waals surface area contributed by atoms with E-state index in [1.165, 1.54) is 17.7 Å². The quantitative estimate of drug-likeness (QED) is 0.560. The molecule has 0 aliphatic carbocycles. The summed E-state index contributed by atoms with van der Waals surface area (Å²) in [5, 5.41) is 14.8. The second kappa shape index (κ2) is 9.39. The van der Waals surface area contributed by atoms with E-state index in [2.05, 4.69) is 62.5 Å². The summed E-state index contributed by atoms with van der Waals surface area (Å²) in [6.07, 6.45) is 4.09. The largest absolute Gasteiger partial charge is 0.378 e. The Balaban J connectivity index is 1.23. The molecule has 1 atom stereocenters. The van der Waals surface area contributed by atoms with Crippen molar-refractivity contribution in [2.45, 2.75) is 31.6 Å². The molecule has 0 amide bonds.